The van der Waals surface area contributed by atoms with Gasteiger partial charge in [-0.2, -0.15) is 25.4 Å². The molecule has 14 rings (SSSR count). The Kier molecular flexibility index (Phi) is 22.0. The van der Waals surface area contributed by atoms with E-state index in [1.807, 2.05) is 36.4 Å². The molecule has 6 heterocycles. The second-order valence-electron chi connectivity index (χ2n) is 33.8. The van der Waals surface area contributed by atoms with Crippen LogP contribution in [-0.4, -0.2) is 157 Å². The molecule has 4 fully saturated rings. The van der Waals surface area contributed by atoms with Crippen LogP contribution in [-0.2, 0) is 62.4 Å². The van der Waals surface area contributed by atoms with Crippen molar-refractivity contribution in [2.45, 2.75) is 203 Å². The van der Waals surface area contributed by atoms with Crippen LogP contribution in [0.15, 0.2) is 97.1 Å². The number of aryl methyl sites for hydroxylation is 2. The highest BCUT2D eigenvalue weighted by Crippen LogP contribution is 2.52. The molecule has 6 aliphatic heterocycles. The molecule has 2 saturated heterocycles. The van der Waals surface area contributed by atoms with E-state index in [0.717, 1.165) is 125 Å². The number of amides is 2. The number of rotatable bonds is 8. The number of carbonyl (C=O) groups is 2. The Labute approximate surface area is 618 Å². The number of halogens is 2. The van der Waals surface area contributed by atoms with Crippen molar-refractivity contribution < 1.29 is 54.2 Å². The second-order valence-corrected chi connectivity index (χ2v) is 47.6. The molecule has 4 aromatic carbocycles. The number of fused-ring (bicyclic) bond motifs is 8. The Bertz CT molecular complexity index is 3810. The number of benzene rings is 4. The van der Waals surface area contributed by atoms with Crippen LogP contribution in [0, 0.1) is 23.7 Å². The molecule has 0 radical (unpaired) electrons. The Morgan fingerprint density at radius 2 is 0.961 bits per heavy atom. The van der Waals surface area contributed by atoms with E-state index in [2.05, 4.69) is 136 Å². The summed E-state index contributed by atoms with van der Waals surface area (Å²) in [6.07, 6.45) is 21.0. The average molecular weight is 1510 g/mol. The lowest BCUT2D eigenvalue weighted by Gasteiger charge is -2.48. The minimum absolute atomic E-state index is 0.0440. The zero-order valence-electron chi connectivity index (χ0n) is 61.5. The van der Waals surface area contributed by atoms with Crippen molar-refractivity contribution in [1.82, 2.24) is 18.1 Å². The van der Waals surface area contributed by atoms with Gasteiger partial charge in [0.2, 0.25) is 0 Å². The van der Waals surface area contributed by atoms with Crippen LogP contribution in [0.4, 0.5) is 11.4 Å². The van der Waals surface area contributed by atoms with Crippen LogP contribution in [0.3, 0.4) is 0 Å². The molecule has 2 amide bonds. The standard InChI is InChI=1S/2C39H54ClN3O6SSi/c2*1-38(2,3)51(4,5)49-35-10-6-7-19-43(24-31-17-20-47-31)50(45,46)41-37(44)28-12-16-36-34(22-28)42(23-29-11-14-32(29)35)25-39(26-48-36)18-8-9-27-21-30(40)13-15-33(27)39/h2*6,10,12-13,15-16,21-22,29,31-32,35H,7-9,11,14,17-20,23-26H2,1-5H3,(H,41,44)/b2*10-6+/t29-,31+,32+,35-,39-;29-,31-,32+,35-,39-/m00/s1. The molecule has 18 nitrogen and oxygen atoms in total. The van der Waals surface area contributed by atoms with E-state index in [9.17, 15) is 26.4 Å². The van der Waals surface area contributed by atoms with Gasteiger partial charge in [0.25, 0.3) is 11.8 Å². The molecule has 556 valence electrons. The van der Waals surface area contributed by atoms with Crippen molar-refractivity contribution in [3.05, 3.63) is 141 Å². The first kappa shape index (κ1) is 75.4. The van der Waals surface area contributed by atoms with E-state index < -0.39 is 48.9 Å². The van der Waals surface area contributed by atoms with Crippen molar-refractivity contribution in [1.29, 1.82) is 0 Å². The third kappa shape index (κ3) is 16.1. The Morgan fingerprint density at radius 1 is 0.559 bits per heavy atom. The molecular formula is C78H108Cl2N6O12S2Si2. The number of hydrogen-bond acceptors (Lipinski definition) is 14. The lowest BCUT2D eigenvalue weighted by molar-refractivity contribution is -0.0575. The summed E-state index contributed by atoms with van der Waals surface area (Å²) >= 11 is 13.0. The van der Waals surface area contributed by atoms with Gasteiger partial charge in [0, 0.05) is 97.6 Å². The van der Waals surface area contributed by atoms with E-state index in [-0.39, 0.29) is 82.6 Å². The Morgan fingerprint density at radius 3 is 1.31 bits per heavy atom. The molecular weight excluding hydrogens is 1400 g/mol. The first-order valence-electron chi connectivity index (χ1n) is 37.5. The number of nitrogens with zero attached hydrogens (tertiary/aromatic N) is 4. The summed E-state index contributed by atoms with van der Waals surface area (Å²) in [7, 11) is -12.6. The smallest absolute Gasteiger partial charge is 0.304 e. The highest BCUT2D eigenvalue weighted by atomic mass is 35.5. The second kappa shape index (κ2) is 29.7. The van der Waals surface area contributed by atoms with Crippen LogP contribution in [0.25, 0.3) is 0 Å². The van der Waals surface area contributed by atoms with Crippen molar-refractivity contribution in [3.8, 4) is 11.5 Å². The molecule has 102 heavy (non-hydrogen) atoms. The molecule has 10 atom stereocenters. The molecule has 0 aromatic heterocycles. The normalized spacial score (nSPS) is 30.5. The van der Waals surface area contributed by atoms with Gasteiger partial charge in [0.15, 0.2) is 16.6 Å². The van der Waals surface area contributed by atoms with Crippen molar-refractivity contribution in [2.75, 3.05) is 88.6 Å². The maximum absolute atomic E-state index is 13.8. The van der Waals surface area contributed by atoms with E-state index in [4.69, 9.17) is 51.0 Å². The van der Waals surface area contributed by atoms with Crippen molar-refractivity contribution in [3.63, 3.8) is 0 Å². The highest BCUT2D eigenvalue weighted by Gasteiger charge is 2.50. The van der Waals surface area contributed by atoms with E-state index >= 15 is 0 Å². The molecule has 2 N–H and O–H groups in total. The van der Waals surface area contributed by atoms with E-state index in [1.54, 1.807) is 12.1 Å². The Hall–Kier alpha value is -4.83. The van der Waals surface area contributed by atoms with Gasteiger partial charge < -0.3 is 37.6 Å². The summed E-state index contributed by atoms with van der Waals surface area (Å²) < 4.78 is 102. The fraction of sp³-hybridized carbons (Fsp3) is 0.615. The zero-order valence-corrected chi connectivity index (χ0v) is 66.6. The lowest BCUT2D eigenvalue weighted by atomic mass is 9.68. The van der Waals surface area contributed by atoms with Gasteiger partial charge in [-0.25, -0.2) is 9.44 Å². The molecule has 4 bridgehead atoms. The fourth-order valence-corrected chi connectivity index (χ4v) is 21.8. The van der Waals surface area contributed by atoms with E-state index in [1.165, 1.54) is 30.9 Å². The van der Waals surface area contributed by atoms with Gasteiger partial charge in [-0.15, -0.1) is 0 Å². The van der Waals surface area contributed by atoms with Crippen LogP contribution < -0.4 is 28.7 Å². The highest BCUT2D eigenvalue weighted by molar-refractivity contribution is 7.88. The van der Waals surface area contributed by atoms with Crippen LogP contribution >= 0.6 is 23.2 Å². The third-order valence-electron chi connectivity index (χ3n) is 25.0. The number of hydrogen-bond donors (Lipinski definition) is 2. The Balaban J connectivity index is 0.000000182. The largest absolute Gasteiger partial charge is 0.490 e. The third-order valence-corrected chi connectivity index (χ3v) is 37.4. The van der Waals surface area contributed by atoms with Gasteiger partial charge >= 0.3 is 20.4 Å². The number of ether oxygens (including phenoxy) is 4. The topological polar surface area (TPSA) is 195 Å². The van der Waals surface area contributed by atoms with Crippen molar-refractivity contribution in [2.24, 2.45) is 23.7 Å². The van der Waals surface area contributed by atoms with Gasteiger partial charge in [-0.3, -0.25) is 9.59 Å². The molecule has 0 unspecified atom stereocenters. The summed E-state index contributed by atoms with van der Waals surface area (Å²) in [5.74, 6) is 1.50. The number of carbonyl (C=O) groups excluding carboxylic acids is 2. The minimum Gasteiger partial charge on any atom is -0.490 e. The maximum Gasteiger partial charge on any atom is 0.304 e. The zero-order chi connectivity index (χ0) is 72.4. The molecule has 4 aliphatic carbocycles. The molecule has 24 heteroatoms. The summed E-state index contributed by atoms with van der Waals surface area (Å²) in [6, 6.07) is 23.2. The lowest BCUT2D eigenvalue weighted by Crippen LogP contribution is -2.52. The average Bonchev–Trinajstić information content (AvgIpc) is 1.49. The van der Waals surface area contributed by atoms with Crippen LogP contribution in [0.1, 0.15) is 162 Å². The number of nitrogens with one attached hydrogen (secondary N) is 2. The SMILES string of the molecule is CC(C)(C)[Si](C)(C)O[C@H]1/C=C/CCN(C[C@@H]2CCO2)S(=O)(=O)NC(=O)c2ccc3c(c2)N(C[C@@H]2CC[C@H]21)C[C@@]1(CCCc2cc(Cl)ccc21)CO3.CC(C)(C)[Si](C)(C)O[C@H]1/C=C/CCN(C[C@H]2CCO2)S(=O)(=O)NC(=O)c2ccc3c(c2)N(C[C@@H]2CC[C@H]21)C[C@@]1(CCCc2cc(Cl)ccc21)CO3. The minimum atomic E-state index is -4.15. The summed E-state index contributed by atoms with van der Waals surface area (Å²) in [5.41, 5.74) is 6.82. The summed E-state index contributed by atoms with van der Waals surface area (Å²) in [5, 5.41) is 1.58. The van der Waals surface area contributed by atoms with Gasteiger partial charge in [-0.1, -0.05) is 101 Å². The first-order valence-corrected chi connectivity index (χ1v) is 46.9. The monoisotopic (exact) mass is 1510 g/mol. The molecule has 4 aromatic rings. The predicted octanol–water partition coefficient (Wildman–Crippen LogP) is 14.5. The molecule has 2 spiro atoms. The van der Waals surface area contributed by atoms with E-state index in [0.29, 0.717) is 74.4 Å². The van der Waals surface area contributed by atoms with Crippen molar-refractivity contribution >= 4 is 83.4 Å². The summed E-state index contributed by atoms with van der Waals surface area (Å²) in [4.78, 5) is 32.3. The maximum atomic E-state index is 13.8. The molecule has 10 aliphatic rings. The van der Waals surface area contributed by atoms with Crippen LogP contribution in [0.5, 0.6) is 11.5 Å². The quantitative estimate of drug-likeness (QED) is 0.125. The van der Waals surface area contributed by atoms with Crippen LogP contribution in [0.2, 0.25) is 46.3 Å². The first-order chi connectivity index (χ1) is 48.3. The van der Waals surface area contributed by atoms with Gasteiger partial charge in [0.05, 0.1) is 49.0 Å². The number of anilines is 2. The predicted molar refractivity (Wildman–Crippen MR) is 409 cm³/mol. The van der Waals surface area contributed by atoms with Gasteiger partial charge in [0.1, 0.15) is 11.5 Å². The fourth-order valence-electron chi connectivity index (χ4n) is 16.5. The summed E-state index contributed by atoms with van der Waals surface area (Å²) in [6.45, 7) is 29.0. The molecule has 2 saturated carbocycles. The van der Waals surface area contributed by atoms with Gasteiger partial charge in [-0.05, 0) is 233 Å².